The summed E-state index contributed by atoms with van der Waals surface area (Å²) in [5.41, 5.74) is 4.96. The van der Waals surface area contributed by atoms with Crippen LogP contribution in [0.25, 0.3) is 10.9 Å². The molecule has 0 fully saturated rings. The molecule has 1 heterocycles. The number of halogens is 1. The van der Waals surface area contributed by atoms with Crippen LogP contribution in [0.4, 0.5) is 4.39 Å². The van der Waals surface area contributed by atoms with Crippen LogP contribution in [0.5, 0.6) is 0 Å². The molecule has 0 unspecified atom stereocenters. The van der Waals surface area contributed by atoms with Gasteiger partial charge >= 0.3 is 5.97 Å². The summed E-state index contributed by atoms with van der Waals surface area (Å²) in [7, 11) is 0. The largest absolute Gasteiger partial charge is 0.480 e. The minimum absolute atomic E-state index is 0.00663. The van der Waals surface area contributed by atoms with Crippen molar-refractivity contribution < 1.29 is 19.1 Å². The zero-order chi connectivity index (χ0) is 21.3. The summed E-state index contributed by atoms with van der Waals surface area (Å²) < 4.78 is 15.7. The maximum absolute atomic E-state index is 13.9. The summed E-state index contributed by atoms with van der Waals surface area (Å²) in [6, 6.07) is 12.5. The highest BCUT2D eigenvalue weighted by Crippen LogP contribution is 2.33. The van der Waals surface area contributed by atoms with Crippen LogP contribution in [0.15, 0.2) is 42.5 Å². The van der Waals surface area contributed by atoms with Gasteiger partial charge in [0.1, 0.15) is 12.4 Å². The van der Waals surface area contributed by atoms with Crippen LogP contribution in [0.3, 0.4) is 0 Å². The van der Waals surface area contributed by atoms with Crippen molar-refractivity contribution in [3.05, 3.63) is 70.7 Å². The van der Waals surface area contributed by atoms with Crippen LogP contribution in [0, 0.1) is 12.7 Å². The molecule has 1 aliphatic carbocycles. The van der Waals surface area contributed by atoms with E-state index in [0.29, 0.717) is 25.7 Å². The third-order valence-electron chi connectivity index (χ3n) is 5.97. The number of carboxylic acid groups (broad SMARTS) is 1. The van der Waals surface area contributed by atoms with Gasteiger partial charge in [0, 0.05) is 29.1 Å². The lowest BCUT2D eigenvalue weighted by Crippen LogP contribution is -2.39. The number of nitrogens with one attached hydrogen (secondary N) is 1. The molecule has 3 aromatic rings. The van der Waals surface area contributed by atoms with E-state index in [4.69, 9.17) is 0 Å². The van der Waals surface area contributed by atoms with Gasteiger partial charge in [-0.25, -0.2) is 4.39 Å². The Bertz CT molecular complexity index is 1120. The van der Waals surface area contributed by atoms with E-state index in [1.54, 1.807) is 10.6 Å². The summed E-state index contributed by atoms with van der Waals surface area (Å²) in [4.78, 5) is 23.9. The van der Waals surface area contributed by atoms with Gasteiger partial charge < -0.3 is 15.0 Å². The monoisotopic (exact) mass is 408 g/mol. The van der Waals surface area contributed by atoms with Crippen molar-refractivity contribution in [2.45, 2.75) is 51.6 Å². The van der Waals surface area contributed by atoms with Crippen molar-refractivity contribution in [3.63, 3.8) is 0 Å². The molecular formula is C24H25FN2O3. The third kappa shape index (κ3) is 4.08. The summed E-state index contributed by atoms with van der Waals surface area (Å²) >= 11 is 0. The number of aryl methyl sites for hydroxylation is 2. The average molecular weight is 408 g/mol. The number of carboxylic acids is 1. The highest BCUT2D eigenvalue weighted by Gasteiger charge is 2.27. The predicted octanol–water partition coefficient (Wildman–Crippen LogP) is 3.78. The molecule has 0 bridgehead atoms. The maximum Gasteiger partial charge on any atom is 0.323 e. The Morgan fingerprint density at radius 3 is 2.80 bits per heavy atom. The lowest BCUT2D eigenvalue weighted by molar-refractivity contribution is -0.137. The minimum atomic E-state index is -0.925. The Kier molecular flexibility index (Phi) is 5.57. The molecule has 0 radical (unpaired) electrons. The van der Waals surface area contributed by atoms with Crippen LogP contribution in [-0.2, 0) is 35.4 Å². The molecule has 1 aliphatic rings. The van der Waals surface area contributed by atoms with Crippen LogP contribution >= 0.6 is 0 Å². The Balaban J connectivity index is 1.50. The number of fused-ring (bicyclic) bond motifs is 3. The number of carbonyl (C=O) groups excluding carboxylic acids is 1. The van der Waals surface area contributed by atoms with Gasteiger partial charge in [-0.05, 0) is 67.5 Å². The first kappa shape index (κ1) is 20.1. The lowest BCUT2D eigenvalue weighted by Gasteiger charge is -2.25. The second-order valence-electron chi connectivity index (χ2n) is 8.00. The lowest BCUT2D eigenvalue weighted by atomic mass is 9.91. The molecule has 1 atom stereocenters. The second-order valence-corrected chi connectivity index (χ2v) is 8.00. The molecule has 6 heteroatoms. The number of rotatable bonds is 6. The van der Waals surface area contributed by atoms with E-state index < -0.39 is 5.97 Å². The first-order valence-electron chi connectivity index (χ1n) is 10.3. The Hall–Kier alpha value is -3.15. The van der Waals surface area contributed by atoms with E-state index in [9.17, 15) is 19.1 Å². The van der Waals surface area contributed by atoms with Crippen molar-refractivity contribution >= 4 is 22.8 Å². The van der Waals surface area contributed by atoms with E-state index in [-0.39, 0.29) is 24.3 Å². The van der Waals surface area contributed by atoms with Crippen molar-refractivity contribution in [3.8, 4) is 0 Å². The minimum Gasteiger partial charge on any atom is -0.480 e. The summed E-state index contributed by atoms with van der Waals surface area (Å²) in [6.45, 7) is 1.90. The Morgan fingerprint density at radius 1 is 1.23 bits per heavy atom. The number of amides is 1. The predicted molar refractivity (Wildman–Crippen MR) is 113 cm³/mol. The Labute approximate surface area is 174 Å². The van der Waals surface area contributed by atoms with Crippen molar-refractivity contribution in [2.24, 2.45) is 0 Å². The van der Waals surface area contributed by atoms with Crippen molar-refractivity contribution in [2.75, 3.05) is 0 Å². The molecular weight excluding hydrogens is 383 g/mol. The number of benzene rings is 2. The van der Waals surface area contributed by atoms with Gasteiger partial charge in [0.15, 0.2) is 0 Å². The zero-order valence-electron chi connectivity index (χ0n) is 17.0. The fourth-order valence-electron chi connectivity index (χ4n) is 4.50. The fourth-order valence-corrected chi connectivity index (χ4v) is 4.50. The highest BCUT2D eigenvalue weighted by atomic mass is 19.1. The van der Waals surface area contributed by atoms with E-state index in [2.05, 4.69) is 5.32 Å². The first-order valence-corrected chi connectivity index (χ1v) is 10.3. The van der Waals surface area contributed by atoms with Crippen LogP contribution in [-0.4, -0.2) is 27.6 Å². The summed E-state index contributed by atoms with van der Waals surface area (Å²) in [5, 5.41) is 13.2. The van der Waals surface area contributed by atoms with Gasteiger partial charge in [0.2, 0.25) is 5.91 Å². The third-order valence-corrected chi connectivity index (χ3v) is 5.97. The van der Waals surface area contributed by atoms with Crippen molar-refractivity contribution in [1.82, 2.24) is 9.88 Å². The van der Waals surface area contributed by atoms with Crippen LogP contribution in [0.2, 0.25) is 0 Å². The molecule has 2 aromatic carbocycles. The normalized spacial score (nSPS) is 15.7. The van der Waals surface area contributed by atoms with Crippen LogP contribution in [0.1, 0.15) is 35.2 Å². The van der Waals surface area contributed by atoms with Gasteiger partial charge in [-0.3, -0.25) is 9.59 Å². The molecule has 30 heavy (non-hydrogen) atoms. The van der Waals surface area contributed by atoms with E-state index in [1.165, 1.54) is 23.3 Å². The van der Waals surface area contributed by atoms with E-state index in [0.717, 1.165) is 28.6 Å². The summed E-state index contributed by atoms with van der Waals surface area (Å²) in [5.74, 6) is -1.26. The summed E-state index contributed by atoms with van der Waals surface area (Å²) in [6.07, 6.45) is 3.09. The molecule has 4 rings (SSSR count). The molecule has 1 amide bonds. The van der Waals surface area contributed by atoms with Gasteiger partial charge in [0.25, 0.3) is 0 Å². The number of hydrogen-bond acceptors (Lipinski definition) is 2. The van der Waals surface area contributed by atoms with Gasteiger partial charge in [0.05, 0.1) is 0 Å². The molecule has 156 valence electrons. The average Bonchev–Trinajstić information content (AvgIpc) is 2.99. The first-order chi connectivity index (χ1) is 14.4. The maximum atomic E-state index is 13.9. The number of aliphatic carboxylic acids is 1. The fraction of sp³-hybridized carbons (Fsp3) is 0.333. The molecule has 0 saturated carbocycles. The smallest absolute Gasteiger partial charge is 0.323 e. The van der Waals surface area contributed by atoms with Gasteiger partial charge in [-0.15, -0.1) is 0 Å². The molecule has 1 aromatic heterocycles. The number of nitrogens with zero attached hydrogens (tertiary/aromatic N) is 1. The molecule has 0 saturated heterocycles. The second kappa shape index (κ2) is 8.30. The molecule has 0 aliphatic heterocycles. The molecule has 5 nitrogen and oxygen atoms in total. The highest BCUT2D eigenvalue weighted by molar-refractivity contribution is 5.87. The number of hydrogen-bond donors (Lipinski definition) is 2. The topological polar surface area (TPSA) is 71.3 Å². The molecule has 2 N–H and O–H groups in total. The number of carbonyl (C=O) groups is 2. The van der Waals surface area contributed by atoms with E-state index >= 15 is 0 Å². The zero-order valence-corrected chi connectivity index (χ0v) is 17.0. The SMILES string of the molecule is Cc1ccccc1CCC(=O)N[C@H]1CCc2c(c3cc(F)ccc3n2CC(=O)O)C1. The van der Waals surface area contributed by atoms with Gasteiger partial charge in [-0.1, -0.05) is 24.3 Å². The quantitative estimate of drug-likeness (QED) is 0.652. The van der Waals surface area contributed by atoms with Crippen LogP contribution < -0.4 is 5.32 Å². The molecule has 0 spiro atoms. The van der Waals surface area contributed by atoms with Gasteiger partial charge in [-0.2, -0.15) is 0 Å². The van der Waals surface area contributed by atoms with E-state index in [1.807, 2.05) is 31.2 Å². The standard InChI is InChI=1S/C24H25FN2O3/c1-15-4-2-3-5-16(15)6-11-23(28)26-18-8-10-22-20(13-18)19-12-17(25)7-9-21(19)27(22)14-24(29)30/h2-5,7,9,12,18H,6,8,10-11,13-14H2,1H3,(H,26,28)(H,29,30)/t18-/m0/s1. The van der Waals surface area contributed by atoms with Crippen molar-refractivity contribution in [1.29, 1.82) is 0 Å². The number of aromatic nitrogens is 1. The Morgan fingerprint density at radius 2 is 2.03 bits per heavy atom.